The van der Waals surface area contributed by atoms with Crippen LogP contribution in [0, 0.1) is 0 Å². The quantitative estimate of drug-likeness (QED) is 0.0195. The van der Waals surface area contributed by atoms with E-state index in [0.717, 1.165) is 103 Å². The molecular formula is C77H133NO8. The lowest BCUT2D eigenvalue weighted by atomic mass is 10.0. The summed E-state index contributed by atoms with van der Waals surface area (Å²) in [5.41, 5.74) is 0. The number of carboxylic acids is 1. The van der Waals surface area contributed by atoms with Crippen molar-refractivity contribution in [3.63, 3.8) is 0 Å². The lowest BCUT2D eigenvalue weighted by molar-refractivity contribution is -0.870. The van der Waals surface area contributed by atoms with Crippen LogP contribution in [0.25, 0.3) is 0 Å². The molecule has 0 N–H and O–H groups in total. The van der Waals surface area contributed by atoms with E-state index < -0.39 is 24.3 Å². The van der Waals surface area contributed by atoms with Gasteiger partial charge in [-0.05, 0) is 83.5 Å². The maximum Gasteiger partial charge on any atom is 0.306 e. The zero-order chi connectivity index (χ0) is 62.6. The Bertz CT molecular complexity index is 1780. The van der Waals surface area contributed by atoms with E-state index in [2.05, 4.69) is 123 Å². The molecule has 0 aliphatic rings. The van der Waals surface area contributed by atoms with Crippen molar-refractivity contribution in [2.45, 2.75) is 315 Å². The largest absolute Gasteiger partial charge is 0.545 e. The number of hydrogen-bond acceptors (Lipinski definition) is 8. The normalized spacial score (nSPS) is 13.4. The zero-order valence-corrected chi connectivity index (χ0v) is 56.4. The fourth-order valence-corrected chi connectivity index (χ4v) is 9.88. The molecule has 0 aliphatic heterocycles. The third-order valence-corrected chi connectivity index (χ3v) is 15.3. The van der Waals surface area contributed by atoms with Gasteiger partial charge in [0.15, 0.2) is 12.4 Å². The summed E-state index contributed by atoms with van der Waals surface area (Å²) in [5, 5.41) is 11.8. The topological polar surface area (TPSA) is 111 Å². The summed E-state index contributed by atoms with van der Waals surface area (Å²) in [6.45, 7) is 4.66. The Morgan fingerprint density at radius 1 is 0.360 bits per heavy atom. The summed E-state index contributed by atoms with van der Waals surface area (Å²) in [6, 6.07) is 0. The van der Waals surface area contributed by atoms with Crippen LogP contribution in [0.5, 0.6) is 0 Å². The molecule has 9 nitrogen and oxygen atoms in total. The molecule has 0 aromatic rings. The molecule has 9 heteroatoms. The first-order valence-corrected chi connectivity index (χ1v) is 35.5. The van der Waals surface area contributed by atoms with Gasteiger partial charge in [0.25, 0.3) is 0 Å². The zero-order valence-electron chi connectivity index (χ0n) is 56.4. The molecule has 2 atom stereocenters. The van der Waals surface area contributed by atoms with Gasteiger partial charge in [0.05, 0.1) is 40.3 Å². The van der Waals surface area contributed by atoms with Crippen LogP contribution in [-0.4, -0.2) is 82.3 Å². The van der Waals surface area contributed by atoms with Crippen LogP contribution in [0.2, 0.25) is 0 Å². The monoisotopic (exact) mass is 1200 g/mol. The van der Waals surface area contributed by atoms with Gasteiger partial charge in [-0.3, -0.25) is 9.59 Å². The van der Waals surface area contributed by atoms with Crippen LogP contribution < -0.4 is 5.11 Å². The van der Waals surface area contributed by atoms with Gasteiger partial charge in [0.1, 0.15) is 13.2 Å². The number of nitrogens with zero attached hydrogens (tertiary/aromatic N) is 1. The Kier molecular flexibility index (Phi) is 63.7. The van der Waals surface area contributed by atoms with E-state index in [4.69, 9.17) is 18.9 Å². The number of carbonyl (C=O) groups is 3. The second-order valence-electron chi connectivity index (χ2n) is 24.8. The lowest BCUT2D eigenvalue weighted by Gasteiger charge is -2.26. The van der Waals surface area contributed by atoms with E-state index in [1.807, 2.05) is 21.1 Å². The van der Waals surface area contributed by atoms with Gasteiger partial charge in [-0.1, -0.05) is 316 Å². The number of quaternary nitrogens is 1. The molecule has 0 bridgehead atoms. The van der Waals surface area contributed by atoms with Gasteiger partial charge in [-0.2, -0.15) is 0 Å². The maximum absolute atomic E-state index is 12.9. The Balaban J connectivity index is 4.15. The first-order chi connectivity index (χ1) is 42.1. The van der Waals surface area contributed by atoms with Gasteiger partial charge in [-0.15, -0.1) is 0 Å². The van der Waals surface area contributed by atoms with Gasteiger partial charge >= 0.3 is 11.9 Å². The number of carboxylic acid groups (broad SMARTS) is 1. The van der Waals surface area contributed by atoms with E-state index in [1.54, 1.807) is 0 Å². The summed E-state index contributed by atoms with van der Waals surface area (Å²) in [5.74, 6) is -2.28. The van der Waals surface area contributed by atoms with Crippen LogP contribution in [0.4, 0.5) is 0 Å². The average Bonchev–Trinajstić information content (AvgIpc) is 3.64. The van der Waals surface area contributed by atoms with Crippen molar-refractivity contribution in [3.8, 4) is 0 Å². The average molecular weight is 1200 g/mol. The van der Waals surface area contributed by atoms with Crippen LogP contribution in [0.15, 0.2) is 109 Å². The number of unbranched alkanes of at least 4 members (excludes halogenated alkanes) is 32. The van der Waals surface area contributed by atoms with E-state index in [1.165, 1.54) is 167 Å². The molecule has 0 rings (SSSR count). The molecule has 0 aliphatic carbocycles. The molecule has 86 heavy (non-hydrogen) atoms. The number of carbonyl (C=O) groups excluding carboxylic acids is 3. The van der Waals surface area contributed by atoms with E-state index in [-0.39, 0.29) is 32.2 Å². The molecule has 0 aromatic carbocycles. The third kappa shape index (κ3) is 67.5. The number of likely N-dealkylation sites (N-methyl/N-ethyl adjacent to an activating group) is 1. The van der Waals surface area contributed by atoms with Crippen molar-refractivity contribution in [3.05, 3.63) is 109 Å². The molecule has 0 aromatic heterocycles. The van der Waals surface area contributed by atoms with Crippen molar-refractivity contribution in [1.29, 1.82) is 0 Å². The summed E-state index contributed by atoms with van der Waals surface area (Å²) < 4.78 is 22.8. The van der Waals surface area contributed by atoms with Crippen LogP contribution in [0.1, 0.15) is 303 Å². The lowest BCUT2D eigenvalue weighted by Crippen LogP contribution is -2.44. The molecule has 494 valence electrons. The molecule has 0 heterocycles. The fraction of sp³-hybridized carbons (Fsp3) is 0.727. The standard InChI is InChI=1S/C77H133NO8/c1-6-8-10-12-14-16-18-20-22-24-26-28-30-32-33-34-35-36-37-38-39-40-41-42-43-44-46-48-50-52-54-56-58-60-62-64-66-68-75(80)86-73(72-85-77(76(81)82)83-70-69-78(3,4)5)71-84-74(79)67-65-63-61-59-57-55-53-51-49-47-45-31-29-27-25-23-21-19-17-15-13-11-9-7-2/h8,10,14,16,20,22,26,28,32-33,35-36,38-39,41-42,44,46,73,77H,6-7,9,11-13,15,17-19,21,23-25,27,29-31,34,37,40,43,45,47-72H2,1-5H3/b10-8-,16-14-,22-20-,28-26-,33-32-,36-35-,39-38-,42-41-,46-44-. The summed E-state index contributed by atoms with van der Waals surface area (Å²) in [4.78, 5) is 37.5. The SMILES string of the molecule is CC/C=C\C/C=C\C/C=C\C/C=C\C/C=C\C/C=C\C/C=C\C/C=C\C/C=C\CCCCCCCCCCCC(=O)OC(COC(=O)CCCCCCCCCCCCCCCCCCCCCCCCCC)COC(OCC[N+](C)(C)C)C(=O)[O-]. The van der Waals surface area contributed by atoms with Crippen LogP contribution in [0.3, 0.4) is 0 Å². The van der Waals surface area contributed by atoms with Crippen molar-refractivity contribution in [2.24, 2.45) is 0 Å². The maximum atomic E-state index is 12.9. The van der Waals surface area contributed by atoms with Crippen molar-refractivity contribution in [1.82, 2.24) is 0 Å². The van der Waals surface area contributed by atoms with Gasteiger partial charge < -0.3 is 33.3 Å². The van der Waals surface area contributed by atoms with Crippen molar-refractivity contribution < 1.29 is 42.9 Å². The van der Waals surface area contributed by atoms with E-state index in [0.29, 0.717) is 23.9 Å². The Morgan fingerprint density at radius 2 is 0.663 bits per heavy atom. The molecule has 0 fully saturated rings. The highest BCUT2D eigenvalue weighted by Gasteiger charge is 2.22. The van der Waals surface area contributed by atoms with Gasteiger partial charge in [0, 0.05) is 12.8 Å². The van der Waals surface area contributed by atoms with Crippen molar-refractivity contribution >= 4 is 17.9 Å². The minimum atomic E-state index is -1.63. The predicted molar refractivity (Wildman–Crippen MR) is 366 cm³/mol. The molecule has 0 radical (unpaired) electrons. The third-order valence-electron chi connectivity index (χ3n) is 15.3. The first-order valence-electron chi connectivity index (χ1n) is 35.5. The fourth-order valence-electron chi connectivity index (χ4n) is 9.88. The second kappa shape index (κ2) is 66.9. The van der Waals surface area contributed by atoms with Gasteiger partial charge in [0.2, 0.25) is 0 Å². The van der Waals surface area contributed by atoms with Crippen LogP contribution in [-0.2, 0) is 33.3 Å². The molecule has 0 saturated heterocycles. The molecule has 2 unspecified atom stereocenters. The Labute approximate surface area is 530 Å². The minimum absolute atomic E-state index is 0.143. The molecule has 0 saturated carbocycles. The molecule has 0 amide bonds. The van der Waals surface area contributed by atoms with Crippen molar-refractivity contribution in [2.75, 3.05) is 47.5 Å². The summed E-state index contributed by atoms with van der Waals surface area (Å²) in [6.07, 6.45) is 90.2. The number of allylic oxidation sites excluding steroid dienone is 18. The molecular weight excluding hydrogens is 1070 g/mol. The number of aliphatic carboxylic acids is 1. The number of ether oxygens (including phenoxy) is 4. The highest BCUT2D eigenvalue weighted by molar-refractivity contribution is 5.70. The number of hydrogen-bond donors (Lipinski definition) is 0. The first kappa shape index (κ1) is 82.0. The smallest absolute Gasteiger partial charge is 0.306 e. The van der Waals surface area contributed by atoms with Gasteiger partial charge in [-0.25, -0.2) is 0 Å². The van der Waals surface area contributed by atoms with E-state index >= 15 is 0 Å². The Hall–Kier alpha value is -4.05. The second-order valence-corrected chi connectivity index (χ2v) is 24.8. The summed E-state index contributed by atoms with van der Waals surface area (Å²) >= 11 is 0. The number of rotatable bonds is 65. The Morgan fingerprint density at radius 3 is 0.988 bits per heavy atom. The number of esters is 2. The van der Waals surface area contributed by atoms with Crippen LogP contribution >= 0.6 is 0 Å². The highest BCUT2D eigenvalue weighted by Crippen LogP contribution is 2.18. The predicted octanol–water partition coefficient (Wildman–Crippen LogP) is 20.9. The van der Waals surface area contributed by atoms with E-state index in [9.17, 15) is 19.5 Å². The molecule has 0 spiro atoms. The summed E-state index contributed by atoms with van der Waals surface area (Å²) in [7, 11) is 5.93. The minimum Gasteiger partial charge on any atom is -0.545 e. The highest BCUT2D eigenvalue weighted by atomic mass is 16.7.